The molecule has 0 saturated carbocycles. The van der Waals surface area contributed by atoms with Gasteiger partial charge < -0.3 is 14.0 Å². The van der Waals surface area contributed by atoms with Crippen LogP contribution in [0.1, 0.15) is 11.1 Å². The lowest BCUT2D eigenvalue weighted by molar-refractivity contribution is 0.414. The van der Waals surface area contributed by atoms with E-state index in [0.29, 0.717) is 22.1 Å². The van der Waals surface area contributed by atoms with Crippen LogP contribution in [-0.4, -0.2) is 11.7 Å². The molecule has 0 saturated heterocycles. The molecule has 1 aromatic heterocycles. The standard InChI is InChI=1S/C23H17ClN2O2/c1-27-19-5-2-16(3-6-19)15-26-11-10-18-13-20(7-8-22(18)26)28-23-9-4-17(14-25)12-21(23)24/h2-13H,15H2,1H3. The molecule has 1 heterocycles. The van der Waals surface area contributed by atoms with Gasteiger partial charge >= 0.3 is 0 Å². The van der Waals surface area contributed by atoms with E-state index in [9.17, 15) is 0 Å². The van der Waals surface area contributed by atoms with Crippen LogP contribution in [0.4, 0.5) is 0 Å². The average molecular weight is 389 g/mol. The van der Waals surface area contributed by atoms with Crippen LogP contribution in [0.3, 0.4) is 0 Å². The number of hydrogen-bond donors (Lipinski definition) is 0. The Balaban J connectivity index is 1.56. The van der Waals surface area contributed by atoms with Crippen molar-refractivity contribution in [3.05, 3.63) is 89.1 Å². The summed E-state index contributed by atoms with van der Waals surface area (Å²) in [6.45, 7) is 0.773. The molecule has 0 aliphatic rings. The van der Waals surface area contributed by atoms with Crippen molar-refractivity contribution < 1.29 is 9.47 Å². The van der Waals surface area contributed by atoms with E-state index in [-0.39, 0.29) is 0 Å². The molecule has 0 spiro atoms. The van der Waals surface area contributed by atoms with E-state index >= 15 is 0 Å². The number of nitriles is 1. The van der Waals surface area contributed by atoms with Crippen LogP contribution in [0.2, 0.25) is 5.02 Å². The van der Waals surface area contributed by atoms with Crippen LogP contribution < -0.4 is 9.47 Å². The zero-order chi connectivity index (χ0) is 19.5. The van der Waals surface area contributed by atoms with Crippen LogP contribution in [-0.2, 0) is 6.54 Å². The van der Waals surface area contributed by atoms with Gasteiger partial charge in [-0.25, -0.2) is 0 Å². The van der Waals surface area contributed by atoms with Gasteiger partial charge in [0.15, 0.2) is 0 Å². The van der Waals surface area contributed by atoms with Crippen molar-refractivity contribution in [1.82, 2.24) is 4.57 Å². The highest BCUT2D eigenvalue weighted by molar-refractivity contribution is 6.32. The lowest BCUT2D eigenvalue weighted by atomic mass is 10.2. The third kappa shape index (κ3) is 3.66. The minimum atomic E-state index is 0.413. The van der Waals surface area contributed by atoms with Crippen molar-refractivity contribution in [1.29, 1.82) is 5.26 Å². The van der Waals surface area contributed by atoms with Crippen molar-refractivity contribution in [2.45, 2.75) is 6.54 Å². The summed E-state index contributed by atoms with van der Waals surface area (Å²) in [7, 11) is 1.67. The van der Waals surface area contributed by atoms with Gasteiger partial charge in [-0.2, -0.15) is 5.26 Å². The number of hydrogen-bond acceptors (Lipinski definition) is 3. The van der Waals surface area contributed by atoms with Crippen LogP contribution >= 0.6 is 11.6 Å². The zero-order valence-corrected chi connectivity index (χ0v) is 16.0. The van der Waals surface area contributed by atoms with E-state index in [4.69, 9.17) is 26.3 Å². The second kappa shape index (κ2) is 7.67. The van der Waals surface area contributed by atoms with E-state index in [1.165, 1.54) is 5.56 Å². The number of rotatable bonds is 5. The Kier molecular flexibility index (Phi) is 4.92. The molecular weight excluding hydrogens is 372 g/mol. The van der Waals surface area contributed by atoms with Gasteiger partial charge in [0.2, 0.25) is 0 Å². The Morgan fingerprint density at radius 1 is 0.964 bits per heavy atom. The van der Waals surface area contributed by atoms with Crippen molar-refractivity contribution in [3.63, 3.8) is 0 Å². The number of aromatic nitrogens is 1. The molecule has 0 aliphatic heterocycles. The molecule has 0 aliphatic carbocycles. The summed E-state index contributed by atoms with van der Waals surface area (Å²) in [5.41, 5.74) is 2.82. The second-order valence-corrected chi connectivity index (χ2v) is 6.78. The smallest absolute Gasteiger partial charge is 0.146 e. The Labute approximate surface area is 168 Å². The quantitative estimate of drug-likeness (QED) is 0.420. The number of benzene rings is 3. The summed E-state index contributed by atoms with van der Waals surface area (Å²) < 4.78 is 13.3. The third-order valence-corrected chi connectivity index (χ3v) is 4.84. The summed E-state index contributed by atoms with van der Waals surface area (Å²) in [6.07, 6.45) is 2.06. The van der Waals surface area contributed by atoms with Gasteiger partial charge in [-0.1, -0.05) is 23.7 Å². The molecule has 4 rings (SSSR count). The molecule has 28 heavy (non-hydrogen) atoms. The topological polar surface area (TPSA) is 47.2 Å². The zero-order valence-electron chi connectivity index (χ0n) is 15.2. The van der Waals surface area contributed by atoms with Gasteiger partial charge in [-0.15, -0.1) is 0 Å². The Morgan fingerprint density at radius 3 is 2.46 bits per heavy atom. The lowest BCUT2D eigenvalue weighted by Crippen LogP contribution is -1.97. The van der Waals surface area contributed by atoms with Gasteiger partial charge in [-0.05, 0) is 60.2 Å². The molecular formula is C23H17ClN2O2. The summed E-state index contributed by atoms with van der Waals surface area (Å²) in [6, 6.07) is 23.1. The SMILES string of the molecule is COc1ccc(Cn2ccc3cc(Oc4ccc(C#N)cc4Cl)ccc32)cc1. The van der Waals surface area contributed by atoms with E-state index in [1.54, 1.807) is 25.3 Å². The second-order valence-electron chi connectivity index (χ2n) is 6.37. The molecule has 5 heteroatoms. The summed E-state index contributed by atoms with van der Waals surface area (Å²) in [5.74, 6) is 2.07. The van der Waals surface area contributed by atoms with Gasteiger partial charge in [0.05, 0.1) is 23.8 Å². The predicted molar refractivity (Wildman–Crippen MR) is 110 cm³/mol. The van der Waals surface area contributed by atoms with Crippen LogP contribution in [0.15, 0.2) is 72.9 Å². The van der Waals surface area contributed by atoms with Gasteiger partial charge in [0.1, 0.15) is 17.2 Å². The molecule has 0 amide bonds. The van der Waals surface area contributed by atoms with E-state index < -0.39 is 0 Å². The minimum absolute atomic E-state index is 0.413. The molecule has 4 aromatic rings. The fourth-order valence-corrected chi connectivity index (χ4v) is 3.31. The fraction of sp³-hybridized carbons (Fsp3) is 0.0870. The fourth-order valence-electron chi connectivity index (χ4n) is 3.09. The monoisotopic (exact) mass is 388 g/mol. The first-order valence-corrected chi connectivity index (χ1v) is 9.13. The highest BCUT2D eigenvalue weighted by Crippen LogP contribution is 2.32. The molecule has 4 nitrogen and oxygen atoms in total. The summed E-state index contributed by atoms with van der Waals surface area (Å²) >= 11 is 6.20. The normalized spacial score (nSPS) is 10.6. The van der Waals surface area contributed by atoms with Gasteiger partial charge in [0.25, 0.3) is 0 Å². The highest BCUT2D eigenvalue weighted by Gasteiger charge is 2.08. The summed E-state index contributed by atoms with van der Waals surface area (Å²) in [4.78, 5) is 0. The van der Waals surface area contributed by atoms with E-state index in [2.05, 4.69) is 35.0 Å². The maximum Gasteiger partial charge on any atom is 0.146 e. The van der Waals surface area contributed by atoms with Crippen LogP contribution in [0, 0.1) is 11.3 Å². The number of ether oxygens (including phenoxy) is 2. The maximum atomic E-state index is 8.94. The maximum absolute atomic E-state index is 8.94. The number of halogens is 1. The molecule has 0 atom stereocenters. The average Bonchev–Trinajstić information content (AvgIpc) is 3.12. The molecule has 0 fully saturated rings. The van der Waals surface area contributed by atoms with Gasteiger partial charge in [0, 0.05) is 23.6 Å². The van der Waals surface area contributed by atoms with Crippen molar-refractivity contribution in [2.75, 3.05) is 7.11 Å². The van der Waals surface area contributed by atoms with E-state index in [0.717, 1.165) is 23.2 Å². The molecule has 138 valence electrons. The Bertz CT molecular complexity index is 1170. The number of methoxy groups -OCH3 is 1. The lowest BCUT2D eigenvalue weighted by Gasteiger charge is -2.09. The summed E-state index contributed by atoms with van der Waals surface area (Å²) in [5, 5.41) is 10.4. The van der Waals surface area contributed by atoms with Crippen LogP contribution in [0.5, 0.6) is 17.2 Å². The van der Waals surface area contributed by atoms with E-state index in [1.807, 2.05) is 30.3 Å². The minimum Gasteiger partial charge on any atom is -0.497 e. The first kappa shape index (κ1) is 18.0. The first-order valence-electron chi connectivity index (χ1n) is 8.75. The van der Waals surface area contributed by atoms with Crippen molar-refractivity contribution in [2.24, 2.45) is 0 Å². The third-order valence-electron chi connectivity index (χ3n) is 4.54. The molecule has 0 bridgehead atoms. The predicted octanol–water partition coefficient (Wildman–Crippen LogP) is 6.02. The molecule has 0 N–H and O–H groups in total. The number of nitrogens with zero attached hydrogens (tertiary/aromatic N) is 2. The van der Waals surface area contributed by atoms with Crippen molar-refractivity contribution in [3.8, 4) is 23.3 Å². The van der Waals surface area contributed by atoms with Crippen LogP contribution in [0.25, 0.3) is 10.9 Å². The highest BCUT2D eigenvalue weighted by atomic mass is 35.5. The first-order chi connectivity index (χ1) is 13.7. The Morgan fingerprint density at radius 2 is 1.75 bits per heavy atom. The largest absolute Gasteiger partial charge is 0.497 e. The van der Waals surface area contributed by atoms with Gasteiger partial charge in [-0.3, -0.25) is 0 Å². The molecule has 0 radical (unpaired) electrons. The molecule has 0 unspecified atom stereocenters. The number of fused-ring (bicyclic) bond motifs is 1. The Hall–Kier alpha value is -3.42. The van der Waals surface area contributed by atoms with Crippen molar-refractivity contribution >= 4 is 22.5 Å². The molecule has 3 aromatic carbocycles.